The Morgan fingerprint density at radius 3 is 2.79 bits per heavy atom. The van der Waals surface area contributed by atoms with Crippen molar-refractivity contribution in [2.24, 2.45) is 5.10 Å². The molecule has 0 aromatic heterocycles. The van der Waals surface area contributed by atoms with Crippen LogP contribution in [-0.2, 0) is 14.3 Å². The van der Waals surface area contributed by atoms with Crippen molar-refractivity contribution in [3.05, 3.63) is 34.9 Å². The van der Waals surface area contributed by atoms with Gasteiger partial charge in [-0.3, -0.25) is 9.59 Å². The van der Waals surface area contributed by atoms with Crippen LogP contribution in [0, 0.1) is 0 Å². The van der Waals surface area contributed by atoms with Crippen LogP contribution in [0.4, 0.5) is 0 Å². The lowest BCUT2D eigenvalue weighted by atomic mass is 10.2. The van der Waals surface area contributed by atoms with Crippen LogP contribution in [0.1, 0.15) is 5.56 Å². The molecule has 102 valence electrons. The summed E-state index contributed by atoms with van der Waals surface area (Å²) in [5.41, 5.74) is 2.75. The van der Waals surface area contributed by atoms with Crippen LogP contribution < -0.4 is 10.7 Å². The predicted molar refractivity (Wildman–Crippen MR) is 72.1 cm³/mol. The number of carbonyl (C=O) groups excluding carboxylic acids is 2. The van der Waals surface area contributed by atoms with E-state index in [1.807, 2.05) is 0 Å². The highest BCUT2D eigenvalue weighted by molar-refractivity contribution is 6.35. The molecular formula is C12H14ClN3O3. The SMILES string of the molecule is COCCNC(=O)C(=O)N/N=C\c1ccccc1Cl. The Morgan fingerprint density at radius 2 is 2.11 bits per heavy atom. The molecule has 0 saturated heterocycles. The van der Waals surface area contributed by atoms with Gasteiger partial charge in [0, 0.05) is 24.2 Å². The summed E-state index contributed by atoms with van der Waals surface area (Å²) in [6, 6.07) is 6.99. The zero-order valence-corrected chi connectivity index (χ0v) is 11.1. The van der Waals surface area contributed by atoms with Crippen molar-refractivity contribution >= 4 is 29.6 Å². The predicted octanol–water partition coefficient (Wildman–Crippen LogP) is 0.553. The summed E-state index contributed by atoms with van der Waals surface area (Å²) in [7, 11) is 1.50. The van der Waals surface area contributed by atoms with Crippen molar-refractivity contribution in [2.45, 2.75) is 0 Å². The van der Waals surface area contributed by atoms with Gasteiger partial charge in [-0.05, 0) is 6.07 Å². The molecule has 0 fully saturated rings. The number of ether oxygens (including phenoxy) is 1. The van der Waals surface area contributed by atoms with Crippen molar-refractivity contribution in [1.29, 1.82) is 0 Å². The van der Waals surface area contributed by atoms with E-state index in [0.29, 0.717) is 17.2 Å². The first-order valence-electron chi connectivity index (χ1n) is 5.50. The number of hydrogen-bond donors (Lipinski definition) is 2. The first kappa shape index (κ1) is 15.1. The molecule has 7 heteroatoms. The number of amides is 2. The van der Waals surface area contributed by atoms with Crippen molar-refractivity contribution in [3.63, 3.8) is 0 Å². The second kappa shape index (κ2) is 8.23. The average molecular weight is 284 g/mol. The number of halogens is 1. The molecule has 0 spiro atoms. The van der Waals surface area contributed by atoms with E-state index in [1.54, 1.807) is 24.3 Å². The lowest BCUT2D eigenvalue weighted by molar-refractivity contribution is -0.139. The molecular weight excluding hydrogens is 270 g/mol. The van der Waals surface area contributed by atoms with Crippen molar-refractivity contribution < 1.29 is 14.3 Å². The zero-order valence-electron chi connectivity index (χ0n) is 10.4. The van der Waals surface area contributed by atoms with E-state index in [4.69, 9.17) is 16.3 Å². The van der Waals surface area contributed by atoms with Crippen LogP contribution >= 0.6 is 11.6 Å². The second-order valence-corrected chi connectivity index (χ2v) is 3.88. The Kier molecular flexibility index (Phi) is 6.56. The van der Waals surface area contributed by atoms with Gasteiger partial charge < -0.3 is 10.1 Å². The van der Waals surface area contributed by atoms with E-state index >= 15 is 0 Å². The molecule has 0 radical (unpaired) electrons. The van der Waals surface area contributed by atoms with E-state index < -0.39 is 11.8 Å². The highest BCUT2D eigenvalue weighted by Gasteiger charge is 2.11. The molecule has 1 rings (SSSR count). The van der Waals surface area contributed by atoms with E-state index in [9.17, 15) is 9.59 Å². The van der Waals surface area contributed by atoms with Crippen LogP contribution in [0.5, 0.6) is 0 Å². The molecule has 1 aromatic rings. The normalized spacial score (nSPS) is 10.4. The highest BCUT2D eigenvalue weighted by atomic mass is 35.5. The number of rotatable bonds is 5. The highest BCUT2D eigenvalue weighted by Crippen LogP contribution is 2.11. The Bertz CT molecular complexity index is 477. The number of benzene rings is 1. The molecule has 0 heterocycles. The summed E-state index contributed by atoms with van der Waals surface area (Å²) < 4.78 is 4.73. The smallest absolute Gasteiger partial charge is 0.329 e. The van der Waals surface area contributed by atoms with Gasteiger partial charge in [-0.1, -0.05) is 29.8 Å². The number of hydrazone groups is 1. The molecule has 2 N–H and O–H groups in total. The van der Waals surface area contributed by atoms with Crippen LogP contribution in [0.2, 0.25) is 5.02 Å². The maximum absolute atomic E-state index is 11.3. The molecule has 0 aliphatic heterocycles. The molecule has 0 aliphatic rings. The van der Waals surface area contributed by atoms with Gasteiger partial charge in [0.2, 0.25) is 0 Å². The first-order valence-corrected chi connectivity index (χ1v) is 5.87. The van der Waals surface area contributed by atoms with E-state index in [-0.39, 0.29) is 6.54 Å². The lowest BCUT2D eigenvalue weighted by Gasteiger charge is -2.02. The van der Waals surface area contributed by atoms with E-state index in [2.05, 4.69) is 15.8 Å². The maximum Gasteiger partial charge on any atom is 0.329 e. The largest absolute Gasteiger partial charge is 0.383 e. The van der Waals surface area contributed by atoms with Gasteiger partial charge >= 0.3 is 11.8 Å². The lowest BCUT2D eigenvalue weighted by Crippen LogP contribution is -2.39. The molecule has 6 nitrogen and oxygen atoms in total. The van der Waals surface area contributed by atoms with Gasteiger partial charge in [-0.2, -0.15) is 5.10 Å². The Balaban J connectivity index is 2.41. The number of nitrogens with one attached hydrogen (secondary N) is 2. The topological polar surface area (TPSA) is 79.8 Å². The summed E-state index contributed by atoms with van der Waals surface area (Å²) in [5.74, 6) is -1.62. The van der Waals surface area contributed by atoms with E-state index in [1.165, 1.54) is 13.3 Å². The number of nitrogens with zero attached hydrogens (tertiary/aromatic N) is 1. The monoisotopic (exact) mass is 283 g/mol. The average Bonchev–Trinajstić information content (AvgIpc) is 2.41. The third-order valence-electron chi connectivity index (χ3n) is 2.07. The fourth-order valence-electron chi connectivity index (χ4n) is 1.14. The summed E-state index contributed by atoms with van der Waals surface area (Å²) in [6.45, 7) is 0.596. The fourth-order valence-corrected chi connectivity index (χ4v) is 1.32. The molecule has 0 bridgehead atoms. The molecule has 2 amide bonds. The van der Waals surface area contributed by atoms with Gasteiger partial charge in [0.15, 0.2) is 0 Å². The minimum atomic E-state index is -0.848. The molecule has 0 saturated carbocycles. The molecule has 19 heavy (non-hydrogen) atoms. The van der Waals surface area contributed by atoms with Gasteiger partial charge in [-0.25, -0.2) is 5.43 Å². The third kappa shape index (κ3) is 5.50. The van der Waals surface area contributed by atoms with Gasteiger partial charge in [0.25, 0.3) is 0 Å². The molecule has 1 aromatic carbocycles. The molecule has 0 atom stereocenters. The number of carbonyl (C=O) groups is 2. The summed E-state index contributed by atoms with van der Waals surface area (Å²) in [4.78, 5) is 22.6. The Morgan fingerprint density at radius 1 is 1.37 bits per heavy atom. The Labute approximate surface area is 115 Å². The first-order chi connectivity index (χ1) is 9.15. The number of hydrogen-bond acceptors (Lipinski definition) is 4. The van der Waals surface area contributed by atoms with Gasteiger partial charge in [0.1, 0.15) is 0 Å². The minimum absolute atomic E-state index is 0.261. The maximum atomic E-state index is 11.3. The summed E-state index contributed by atoms with van der Waals surface area (Å²) in [6.07, 6.45) is 1.36. The Hall–Kier alpha value is -1.92. The minimum Gasteiger partial charge on any atom is -0.383 e. The zero-order chi connectivity index (χ0) is 14.1. The van der Waals surface area contributed by atoms with Crippen molar-refractivity contribution in [1.82, 2.24) is 10.7 Å². The van der Waals surface area contributed by atoms with E-state index in [0.717, 1.165) is 0 Å². The summed E-state index contributed by atoms with van der Waals surface area (Å²) >= 11 is 5.89. The quantitative estimate of drug-likeness (QED) is 0.358. The summed E-state index contributed by atoms with van der Waals surface area (Å²) in [5, 5.41) is 6.52. The van der Waals surface area contributed by atoms with Crippen LogP contribution in [0.25, 0.3) is 0 Å². The second-order valence-electron chi connectivity index (χ2n) is 3.47. The molecule has 0 aliphatic carbocycles. The third-order valence-corrected chi connectivity index (χ3v) is 2.42. The van der Waals surface area contributed by atoms with Gasteiger partial charge in [-0.15, -0.1) is 0 Å². The van der Waals surface area contributed by atoms with Gasteiger partial charge in [0.05, 0.1) is 12.8 Å². The molecule has 0 unspecified atom stereocenters. The number of methoxy groups -OCH3 is 1. The standard InChI is InChI=1S/C12H14ClN3O3/c1-19-7-6-14-11(17)12(18)16-15-8-9-4-2-3-5-10(9)13/h2-5,8H,6-7H2,1H3,(H,14,17)(H,16,18)/b15-8-. The van der Waals surface area contributed by atoms with Crippen molar-refractivity contribution in [3.8, 4) is 0 Å². The van der Waals surface area contributed by atoms with Crippen LogP contribution in [-0.4, -0.2) is 38.3 Å². The van der Waals surface area contributed by atoms with Crippen molar-refractivity contribution in [2.75, 3.05) is 20.3 Å². The fraction of sp³-hybridized carbons (Fsp3) is 0.250. The van der Waals surface area contributed by atoms with Crippen LogP contribution in [0.15, 0.2) is 29.4 Å². The van der Waals surface area contributed by atoms with Crippen LogP contribution in [0.3, 0.4) is 0 Å².